The molecule has 0 radical (unpaired) electrons. The van der Waals surface area contributed by atoms with Crippen molar-refractivity contribution >= 4 is 41.3 Å². The minimum Gasteiger partial charge on any atom is -0.465 e. The van der Waals surface area contributed by atoms with Crippen LogP contribution in [0.1, 0.15) is 59.6 Å². The van der Waals surface area contributed by atoms with Crippen LogP contribution < -0.4 is 15.3 Å². The SMILES string of the molecule is CCCCOC(=O)[C@H](C)NP(=O)(Oc1cccc2ccccc12)O[C@H](CC)[C@@H]1C[C@@](C)(O)[C@H](n2cc(F)c3c(N)ncnc32)O1. The molecule has 4 N–H and O–H groups in total. The molecule has 0 amide bonds. The maximum Gasteiger partial charge on any atom is 0.459 e. The Bertz CT molecular complexity index is 1710. The molecule has 5 rings (SSSR count). The van der Waals surface area contributed by atoms with E-state index < -0.39 is 49.6 Å². The van der Waals surface area contributed by atoms with E-state index in [0.717, 1.165) is 18.0 Å². The Kier molecular flexibility index (Phi) is 9.76. The second kappa shape index (κ2) is 13.4. The fourth-order valence-corrected chi connectivity index (χ4v) is 7.29. The molecule has 0 spiro atoms. The molecule has 0 saturated carbocycles. The Morgan fingerprint density at radius 2 is 2.02 bits per heavy atom. The molecule has 1 aliphatic rings. The average Bonchev–Trinajstić information content (AvgIpc) is 3.51. The molecule has 1 saturated heterocycles. The third-order valence-electron chi connectivity index (χ3n) is 7.80. The van der Waals surface area contributed by atoms with Gasteiger partial charge in [0.25, 0.3) is 0 Å². The molecule has 2 aromatic heterocycles. The lowest BCUT2D eigenvalue weighted by Crippen LogP contribution is -2.38. The average molecular weight is 644 g/mol. The molecule has 4 aromatic rings. The molecule has 12 nitrogen and oxygen atoms in total. The van der Waals surface area contributed by atoms with E-state index in [9.17, 15) is 18.9 Å². The van der Waals surface area contributed by atoms with Crippen LogP contribution in [0.4, 0.5) is 10.2 Å². The highest BCUT2D eigenvalue weighted by Crippen LogP contribution is 2.51. The summed E-state index contributed by atoms with van der Waals surface area (Å²) in [7, 11) is -4.31. The third kappa shape index (κ3) is 6.97. The molecule has 3 heterocycles. The normalized spacial score (nSPS) is 22.7. The number of benzene rings is 2. The summed E-state index contributed by atoms with van der Waals surface area (Å²) < 4.78 is 54.7. The number of carbonyl (C=O) groups excluding carboxylic acids is 1. The molecule has 1 aliphatic heterocycles. The number of halogens is 1. The molecular formula is C31H39FN5O7P. The van der Waals surface area contributed by atoms with Crippen molar-refractivity contribution in [1.82, 2.24) is 19.6 Å². The minimum absolute atomic E-state index is 0.0145. The topological polar surface area (TPSA) is 160 Å². The van der Waals surface area contributed by atoms with Crippen LogP contribution in [0.15, 0.2) is 55.0 Å². The zero-order valence-corrected chi connectivity index (χ0v) is 26.6. The van der Waals surface area contributed by atoms with Crippen molar-refractivity contribution in [2.45, 2.75) is 83.5 Å². The third-order valence-corrected chi connectivity index (χ3v) is 9.49. The van der Waals surface area contributed by atoms with Gasteiger partial charge < -0.3 is 29.4 Å². The number of unbranched alkanes of at least 4 members (excludes halogenated alkanes) is 1. The molecular weight excluding hydrogens is 604 g/mol. The quantitative estimate of drug-likeness (QED) is 0.0939. The van der Waals surface area contributed by atoms with Crippen molar-refractivity contribution in [3.8, 4) is 5.75 Å². The number of nitrogen functional groups attached to an aromatic ring is 1. The predicted molar refractivity (Wildman–Crippen MR) is 167 cm³/mol. The summed E-state index contributed by atoms with van der Waals surface area (Å²) in [5.74, 6) is -1.02. The van der Waals surface area contributed by atoms with Crippen molar-refractivity contribution in [3.63, 3.8) is 0 Å². The van der Waals surface area contributed by atoms with E-state index in [4.69, 9.17) is 24.3 Å². The number of nitrogens with two attached hydrogens (primary N) is 1. The maximum atomic E-state index is 14.9. The predicted octanol–water partition coefficient (Wildman–Crippen LogP) is 5.65. The van der Waals surface area contributed by atoms with Gasteiger partial charge in [-0.05, 0) is 38.1 Å². The van der Waals surface area contributed by atoms with Gasteiger partial charge in [0.05, 0.1) is 24.2 Å². The van der Waals surface area contributed by atoms with Crippen LogP contribution in [0.25, 0.3) is 21.8 Å². The van der Waals surface area contributed by atoms with Crippen molar-refractivity contribution in [2.75, 3.05) is 12.3 Å². The van der Waals surface area contributed by atoms with Crippen LogP contribution in [0.5, 0.6) is 5.75 Å². The van der Waals surface area contributed by atoms with Gasteiger partial charge in [-0.25, -0.2) is 18.9 Å². The highest BCUT2D eigenvalue weighted by molar-refractivity contribution is 7.52. The van der Waals surface area contributed by atoms with E-state index >= 15 is 0 Å². The molecule has 1 unspecified atom stereocenters. The number of nitrogens with one attached hydrogen (secondary N) is 1. The second-order valence-corrected chi connectivity index (χ2v) is 13.1. The number of carbonyl (C=O) groups is 1. The molecule has 0 bridgehead atoms. The van der Waals surface area contributed by atoms with Gasteiger partial charge >= 0.3 is 13.7 Å². The summed E-state index contributed by atoms with van der Waals surface area (Å²) in [5.41, 5.74) is 4.53. The van der Waals surface area contributed by atoms with Crippen LogP contribution in [0.3, 0.4) is 0 Å². The fraction of sp³-hybridized carbons (Fsp3) is 0.452. The van der Waals surface area contributed by atoms with Gasteiger partial charge in [0.15, 0.2) is 17.7 Å². The van der Waals surface area contributed by atoms with Crippen LogP contribution >= 0.6 is 7.75 Å². The Labute approximate surface area is 260 Å². The van der Waals surface area contributed by atoms with E-state index in [-0.39, 0.29) is 35.6 Å². The van der Waals surface area contributed by atoms with Crippen molar-refractivity contribution in [1.29, 1.82) is 0 Å². The lowest BCUT2D eigenvalue weighted by atomic mass is 9.97. The number of fused-ring (bicyclic) bond motifs is 2. The number of anilines is 1. The Morgan fingerprint density at radius 1 is 1.27 bits per heavy atom. The van der Waals surface area contributed by atoms with Gasteiger partial charge in [-0.2, -0.15) is 5.09 Å². The lowest BCUT2D eigenvalue weighted by molar-refractivity contribution is -0.145. The molecule has 14 heteroatoms. The smallest absolute Gasteiger partial charge is 0.459 e. The van der Waals surface area contributed by atoms with E-state index in [2.05, 4.69) is 15.1 Å². The van der Waals surface area contributed by atoms with Crippen LogP contribution in [0.2, 0.25) is 0 Å². The summed E-state index contributed by atoms with van der Waals surface area (Å²) in [6.07, 6.45) is 1.45. The van der Waals surface area contributed by atoms with Crippen LogP contribution in [-0.4, -0.2) is 56.1 Å². The van der Waals surface area contributed by atoms with E-state index in [0.29, 0.717) is 18.2 Å². The molecule has 1 fully saturated rings. The monoisotopic (exact) mass is 643 g/mol. The number of ether oxygens (including phenoxy) is 2. The van der Waals surface area contributed by atoms with Gasteiger partial charge in [-0.1, -0.05) is 56.7 Å². The molecule has 0 aliphatic carbocycles. The number of rotatable bonds is 13. The zero-order valence-electron chi connectivity index (χ0n) is 25.7. The Morgan fingerprint density at radius 3 is 2.78 bits per heavy atom. The minimum atomic E-state index is -4.31. The van der Waals surface area contributed by atoms with Gasteiger partial charge in [0.1, 0.15) is 29.5 Å². The number of esters is 1. The summed E-state index contributed by atoms with van der Waals surface area (Å²) in [5, 5.41) is 15.8. The van der Waals surface area contributed by atoms with Gasteiger partial charge in [0.2, 0.25) is 0 Å². The number of nitrogens with zero attached hydrogens (tertiary/aromatic N) is 3. The van der Waals surface area contributed by atoms with Gasteiger partial charge in [0, 0.05) is 18.0 Å². The first-order valence-electron chi connectivity index (χ1n) is 15.0. The van der Waals surface area contributed by atoms with Crippen molar-refractivity contribution in [2.24, 2.45) is 0 Å². The zero-order chi connectivity index (χ0) is 32.4. The summed E-state index contributed by atoms with van der Waals surface area (Å²) in [6.45, 7) is 7.08. The van der Waals surface area contributed by atoms with Crippen molar-refractivity contribution < 1.29 is 37.4 Å². The molecule has 242 valence electrons. The largest absolute Gasteiger partial charge is 0.465 e. The standard InChI is InChI=1S/C31H39FN5O7P/c1-5-7-15-41-29(38)19(3)36-45(40,44-24-14-10-12-20-11-8-9-13-21(20)24)43-23(6-2)25-16-31(4,39)30(42-25)37-17-22(32)26-27(33)34-18-35-28(26)37/h8-14,17-19,23,25,30,39H,5-7,15-16H2,1-4H3,(H,36,40)(H2,33,34,35)/t19-,23+,25-,30+,31+,45?/m0/s1. The summed E-state index contributed by atoms with van der Waals surface area (Å²) in [6, 6.07) is 11.7. The first-order chi connectivity index (χ1) is 21.5. The van der Waals surface area contributed by atoms with Gasteiger partial charge in [-0.3, -0.25) is 9.32 Å². The van der Waals surface area contributed by atoms with Crippen LogP contribution in [0, 0.1) is 5.82 Å². The summed E-state index contributed by atoms with van der Waals surface area (Å²) >= 11 is 0. The van der Waals surface area contributed by atoms with E-state index in [1.165, 1.54) is 17.8 Å². The fourth-order valence-electron chi connectivity index (χ4n) is 5.49. The highest BCUT2D eigenvalue weighted by atomic mass is 31.2. The Hall–Kier alpha value is -3.61. The molecule has 2 aromatic carbocycles. The van der Waals surface area contributed by atoms with Gasteiger partial charge in [-0.15, -0.1) is 0 Å². The highest BCUT2D eigenvalue weighted by Gasteiger charge is 2.50. The first kappa shape index (κ1) is 32.8. The van der Waals surface area contributed by atoms with Crippen molar-refractivity contribution in [3.05, 3.63) is 60.8 Å². The molecule has 6 atom stereocenters. The first-order valence-corrected chi connectivity index (χ1v) is 16.5. The van der Waals surface area contributed by atoms with Crippen LogP contribution in [-0.2, 0) is 23.4 Å². The Balaban J connectivity index is 1.43. The molecule has 45 heavy (non-hydrogen) atoms. The number of hydrogen-bond donors (Lipinski definition) is 3. The number of hydrogen-bond acceptors (Lipinski definition) is 10. The van der Waals surface area contributed by atoms with E-state index in [1.807, 2.05) is 37.3 Å². The second-order valence-electron chi connectivity index (χ2n) is 11.4. The number of aliphatic hydroxyl groups is 1. The lowest BCUT2D eigenvalue weighted by Gasteiger charge is -2.29. The van der Waals surface area contributed by atoms with E-state index in [1.54, 1.807) is 26.0 Å². The number of aromatic nitrogens is 3. The summed E-state index contributed by atoms with van der Waals surface area (Å²) in [4.78, 5) is 20.8. The maximum absolute atomic E-state index is 14.9.